The summed E-state index contributed by atoms with van der Waals surface area (Å²) in [4.78, 5) is 38.5. The second kappa shape index (κ2) is 9.90. The minimum Gasteiger partial charge on any atom is -0.392 e. The lowest BCUT2D eigenvalue weighted by Crippen LogP contribution is -2.46. The number of nitrogens with one attached hydrogen (secondary N) is 1. The van der Waals surface area contributed by atoms with E-state index < -0.39 is 12.2 Å². The van der Waals surface area contributed by atoms with Gasteiger partial charge < -0.3 is 25.3 Å². The van der Waals surface area contributed by atoms with Crippen LogP contribution in [0.3, 0.4) is 0 Å². The predicted octanol–water partition coefficient (Wildman–Crippen LogP) is 2.30. The van der Waals surface area contributed by atoms with Crippen molar-refractivity contribution in [1.29, 1.82) is 0 Å². The highest BCUT2D eigenvalue weighted by atomic mass is 16.3. The quantitative estimate of drug-likeness (QED) is 0.440. The number of β-amino-alcohol motifs (C(OH)–C–C–N with tert-alkyl or cyclic N) is 1. The van der Waals surface area contributed by atoms with Gasteiger partial charge in [-0.05, 0) is 63.8 Å². The highest BCUT2D eigenvalue weighted by Crippen LogP contribution is 2.42. The number of carbonyl (C=O) groups excluding carboxylic acids is 1. The molecule has 210 valence electrons. The van der Waals surface area contributed by atoms with Gasteiger partial charge in [-0.2, -0.15) is 0 Å². The number of pyridine rings is 2. The molecule has 0 saturated carbocycles. The Balaban J connectivity index is 1.13. The summed E-state index contributed by atoms with van der Waals surface area (Å²) in [5.74, 6) is 2.03. The Hall–Kier alpha value is -3.41. The third kappa shape index (κ3) is 4.46. The third-order valence-corrected chi connectivity index (χ3v) is 9.10. The van der Waals surface area contributed by atoms with Crippen molar-refractivity contribution in [2.45, 2.75) is 82.3 Å². The van der Waals surface area contributed by atoms with E-state index in [4.69, 9.17) is 15.0 Å². The van der Waals surface area contributed by atoms with Gasteiger partial charge in [-0.3, -0.25) is 9.69 Å². The number of amides is 1. The van der Waals surface area contributed by atoms with Crippen LogP contribution in [0.25, 0.3) is 10.9 Å². The maximum atomic E-state index is 13.1. The zero-order valence-corrected chi connectivity index (χ0v) is 23.0. The van der Waals surface area contributed by atoms with Crippen LogP contribution in [0.15, 0.2) is 24.4 Å². The Morgan fingerprint density at radius 1 is 1.12 bits per heavy atom. The van der Waals surface area contributed by atoms with Crippen molar-refractivity contribution in [3.8, 4) is 0 Å². The molecular weight excluding hydrogens is 508 g/mol. The molecule has 2 bridgehead atoms. The van der Waals surface area contributed by atoms with E-state index in [1.54, 1.807) is 13.1 Å². The van der Waals surface area contributed by atoms with Crippen LogP contribution in [-0.4, -0.2) is 90.2 Å². The van der Waals surface area contributed by atoms with Gasteiger partial charge in [0, 0.05) is 55.4 Å². The molecule has 0 radical (unpaired) electrons. The third-order valence-electron chi connectivity index (χ3n) is 9.10. The van der Waals surface area contributed by atoms with Crippen molar-refractivity contribution in [1.82, 2.24) is 29.7 Å². The van der Waals surface area contributed by atoms with E-state index in [0.717, 1.165) is 28.0 Å². The summed E-state index contributed by atoms with van der Waals surface area (Å²) in [5, 5.41) is 24.4. The molecule has 1 amide bonds. The van der Waals surface area contributed by atoms with Crippen LogP contribution in [0.2, 0.25) is 0 Å². The standard InChI is InChI=1S/C29H36N8O3/c1-16(38)23-11-18-13-30-29(34-26(18)27(32-23)37-19-4-5-20(37)7-6-19)33-25-8-3-17-14-36(10-9-22(17)31-25)28(40)24-12-21(39)15-35(24)2/h3,8,11,13,16,19-21,24,38-39H,4-7,9-10,12,14-15H2,1-2H3,(H,30,31,33,34)/t16?,19?,20?,21-,24-/m1/s1. The number of likely N-dealkylation sites (tertiary alicyclic amines) is 1. The van der Waals surface area contributed by atoms with Gasteiger partial charge >= 0.3 is 0 Å². The molecule has 3 aromatic heterocycles. The maximum absolute atomic E-state index is 13.1. The summed E-state index contributed by atoms with van der Waals surface area (Å²) in [5.41, 5.74) is 3.42. The first kappa shape index (κ1) is 25.6. The number of rotatable bonds is 5. The van der Waals surface area contributed by atoms with Crippen molar-refractivity contribution in [3.05, 3.63) is 41.3 Å². The molecule has 1 unspecified atom stereocenters. The monoisotopic (exact) mass is 544 g/mol. The molecule has 0 aromatic carbocycles. The number of hydrogen-bond donors (Lipinski definition) is 3. The van der Waals surface area contributed by atoms with Crippen LogP contribution < -0.4 is 10.2 Å². The van der Waals surface area contributed by atoms with Crippen LogP contribution in [0.1, 0.15) is 62.1 Å². The lowest BCUT2D eigenvalue weighted by atomic mass is 10.0. The first-order valence-corrected chi connectivity index (χ1v) is 14.4. The van der Waals surface area contributed by atoms with E-state index in [-0.39, 0.29) is 11.9 Å². The minimum atomic E-state index is -0.669. The van der Waals surface area contributed by atoms with Crippen LogP contribution in [-0.2, 0) is 17.8 Å². The van der Waals surface area contributed by atoms with Gasteiger partial charge in [-0.25, -0.2) is 19.9 Å². The van der Waals surface area contributed by atoms with Gasteiger partial charge in [-0.1, -0.05) is 6.07 Å². The number of carbonyl (C=O) groups is 1. The van der Waals surface area contributed by atoms with E-state index in [9.17, 15) is 15.0 Å². The molecule has 11 nitrogen and oxygen atoms in total. The van der Waals surface area contributed by atoms with Crippen molar-refractivity contribution < 1.29 is 15.0 Å². The Labute approximate surface area is 233 Å². The molecule has 3 atom stereocenters. The molecule has 11 heteroatoms. The summed E-state index contributed by atoms with van der Waals surface area (Å²) in [6, 6.07) is 6.49. The van der Waals surface area contributed by atoms with Crippen LogP contribution in [0.5, 0.6) is 0 Å². The molecule has 3 saturated heterocycles. The molecule has 40 heavy (non-hydrogen) atoms. The SMILES string of the molecule is CC(O)c1cc2cnc(Nc3ccc4c(n3)CCN(C(=O)[C@H]3C[C@@H](O)CN3C)C4)nc2c(N2C3CCC2CC3)n1. The molecule has 4 aliphatic rings. The molecular formula is C29H36N8O3. The predicted molar refractivity (Wildman–Crippen MR) is 150 cm³/mol. The summed E-state index contributed by atoms with van der Waals surface area (Å²) in [6.45, 7) is 3.40. The van der Waals surface area contributed by atoms with Gasteiger partial charge in [-0.15, -0.1) is 0 Å². The van der Waals surface area contributed by atoms with Crippen molar-refractivity contribution in [2.75, 3.05) is 30.4 Å². The van der Waals surface area contributed by atoms with E-state index in [2.05, 4.69) is 15.2 Å². The fourth-order valence-corrected chi connectivity index (χ4v) is 7.02. The molecule has 3 fully saturated rings. The van der Waals surface area contributed by atoms with E-state index >= 15 is 0 Å². The number of likely N-dealkylation sites (N-methyl/N-ethyl adjacent to an activating group) is 1. The van der Waals surface area contributed by atoms with Crippen molar-refractivity contribution in [3.63, 3.8) is 0 Å². The van der Waals surface area contributed by atoms with Crippen molar-refractivity contribution in [2.24, 2.45) is 0 Å². The smallest absolute Gasteiger partial charge is 0.240 e. The zero-order chi connectivity index (χ0) is 27.5. The number of aromatic nitrogens is 4. The van der Waals surface area contributed by atoms with Crippen LogP contribution >= 0.6 is 0 Å². The van der Waals surface area contributed by atoms with Gasteiger partial charge in [0.15, 0.2) is 5.82 Å². The number of anilines is 3. The largest absolute Gasteiger partial charge is 0.392 e. The first-order chi connectivity index (χ1) is 19.3. The zero-order valence-electron chi connectivity index (χ0n) is 23.0. The highest BCUT2D eigenvalue weighted by Gasteiger charge is 2.41. The average Bonchev–Trinajstić information content (AvgIpc) is 3.65. The average molecular weight is 545 g/mol. The Kier molecular flexibility index (Phi) is 6.32. The normalized spacial score (nSPS) is 26.9. The van der Waals surface area contributed by atoms with Gasteiger partial charge in [0.1, 0.15) is 11.3 Å². The molecule has 3 N–H and O–H groups in total. The fraction of sp³-hybridized carbons (Fsp3) is 0.552. The molecule has 7 rings (SSSR count). The number of fused-ring (bicyclic) bond motifs is 4. The lowest BCUT2D eigenvalue weighted by Gasteiger charge is -2.32. The lowest BCUT2D eigenvalue weighted by molar-refractivity contribution is -0.136. The van der Waals surface area contributed by atoms with E-state index in [0.29, 0.717) is 62.0 Å². The molecule has 3 aromatic rings. The van der Waals surface area contributed by atoms with Gasteiger partial charge in [0.05, 0.1) is 23.9 Å². The molecule has 7 heterocycles. The van der Waals surface area contributed by atoms with Gasteiger partial charge in [0.2, 0.25) is 11.9 Å². The second-order valence-electron chi connectivity index (χ2n) is 11.8. The first-order valence-electron chi connectivity index (χ1n) is 14.4. The summed E-state index contributed by atoms with van der Waals surface area (Å²) in [6.07, 6.45) is 6.52. The van der Waals surface area contributed by atoms with Gasteiger partial charge in [0.25, 0.3) is 0 Å². The summed E-state index contributed by atoms with van der Waals surface area (Å²) in [7, 11) is 1.89. The maximum Gasteiger partial charge on any atom is 0.240 e. The van der Waals surface area contributed by atoms with E-state index in [1.165, 1.54) is 25.7 Å². The number of nitrogens with zero attached hydrogens (tertiary/aromatic N) is 7. The minimum absolute atomic E-state index is 0.0751. The topological polar surface area (TPSA) is 131 Å². The van der Waals surface area contributed by atoms with E-state index in [1.807, 2.05) is 35.0 Å². The Morgan fingerprint density at radius 2 is 1.90 bits per heavy atom. The molecule has 4 aliphatic heterocycles. The summed E-state index contributed by atoms with van der Waals surface area (Å²) >= 11 is 0. The molecule has 0 aliphatic carbocycles. The van der Waals surface area contributed by atoms with Crippen molar-refractivity contribution >= 4 is 34.4 Å². The van der Waals surface area contributed by atoms with Crippen LogP contribution in [0.4, 0.5) is 17.6 Å². The Bertz CT molecular complexity index is 1440. The second-order valence-corrected chi connectivity index (χ2v) is 11.8. The fourth-order valence-electron chi connectivity index (χ4n) is 7.02. The Morgan fingerprint density at radius 3 is 2.60 bits per heavy atom. The number of hydrogen-bond acceptors (Lipinski definition) is 10. The van der Waals surface area contributed by atoms with Crippen LogP contribution in [0, 0.1) is 0 Å². The number of aliphatic hydroxyl groups excluding tert-OH is 2. The summed E-state index contributed by atoms with van der Waals surface area (Å²) < 4.78 is 0. The number of aliphatic hydroxyl groups is 2. The highest BCUT2D eigenvalue weighted by molar-refractivity contribution is 5.90. The molecule has 0 spiro atoms.